The third kappa shape index (κ3) is 7.56. The number of hydrogen-bond acceptors (Lipinski definition) is 9. The van der Waals surface area contributed by atoms with E-state index in [2.05, 4.69) is 4.89 Å². The summed E-state index contributed by atoms with van der Waals surface area (Å²) >= 11 is 0. The first-order valence-electron chi connectivity index (χ1n) is 11.4. The zero-order valence-electron chi connectivity index (χ0n) is 19.9. The van der Waals surface area contributed by atoms with Crippen molar-refractivity contribution in [2.24, 2.45) is 5.92 Å². The van der Waals surface area contributed by atoms with E-state index >= 15 is 0 Å². The summed E-state index contributed by atoms with van der Waals surface area (Å²) in [4.78, 5) is 59.0. The number of para-hydroxylation sites is 2. The first kappa shape index (κ1) is 25.7. The van der Waals surface area contributed by atoms with Gasteiger partial charge in [-0.25, -0.2) is 24.2 Å². The van der Waals surface area contributed by atoms with Gasteiger partial charge in [0, 0.05) is 0 Å². The molecule has 0 aromatic heterocycles. The third-order valence-electron chi connectivity index (χ3n) is 5.14. The Hall–Kier alpha value is -3.88. The second-order valence-corrected chi connectivity index (χ2v) is 9.06. The van der Waals surface area contributed by atoms with E-state index in [0.29, 0.717) is 0 Å². The normalized spacial score (nSPS) is 13.9. The molecule has 0 bridgehead atoms. The zero-order valence-corrected chi connectivity index (χ0v) is 19.9. The Balaban J connectivity index is 1.64. The monoisotopic (exact) mass is 484 g/mol. The van der Waals surface area contributed by atoms with Crippen LogP contribution in [0.1, 0.15) is 73.6 Å². The van der Waals surface area contributed by atoms with Gasteiger partial charge in [0.15, 0.2) is 0 Å². The Bertz CT molecular complexity index is 1080. The van der Waals surface area contributed by atoms with Gasteiger partial charge in [0.1, 0.15) is 28.2 Å². The Morgan fingerprint density at radius 2 is 1.20 bits per heavy atom. The first-order chi connectivity index (χ1) is 16.6. The van der Waals surface area contributed by atoms with E-state index in [1.165, 1.54) is 30.3 Å². The molecule has 0 atom stereocenters. The van der Waals surface area contributed by atoms with E-state index in [1.807, 2.05) is 0 Å². The molecule has 9 heteroatoms. The van der Waals surface area contributed by atoms with Crippen LogP contribution < -0.4 is 9.47 Å². The van der Waals surface area contributed by atoms with Crippen molar-refractivity contribution < 1.29 is 43.2 Å². The number of esters is 1. The highest BCUT2D eigenvalue weighted by atomic mass is 17.2. The number of hydrogen-bond donors (Lipinski definition) is 0. The molecule has 3 rings (SSSR count). The average Bonchev–Trinajstić information content (AvgIpc) is 2.82. The minimum absolute atomic E-state index is 0.0118. The van der Waals surface area contributed by atoms with Gasteiger partial charge in [-0.05, 0) is 57.9 Å². The number of ether oxygens (including phenoxy) is 3. The fraction of sp³-hybridized carbons (Fsp3) is 0.385. The van der Waals surface area contributed by atoms with Crippen LogP contribution in [0.4, 0.5) is 4.79 Å². The van der Waals surface area contributed by atoms with Gasteiger partial charge in [-0.15, -0.1) is 0 Å². The molecule has 0 amide bonds. The van der Waals surface area contributed by atoms with Crippen molar-refractivity contribution in [2.75, 3.05) is 0 Å². The SMILES string of the molecule is CC(C)(C)OC(=O)Oc1ccccc1C(=O)OOC(=O)c1ccccc1OC(=O)C1CCCCC1. The fourth-order valence-electron chi connectivity index (χ4n) is 3.50. The quantitative estimate of drug-likeness (QED) is 0.180. The summed E-state index contributed by atoms with van der Waals surface area (Å²) in [5.41, 5.74) is -1.04. The van der Waals surface area contributed by atoms with Crippen molar-refractivity contribution in [1.82, 2.24) is 0 Å². The summed E-state index contributed by atoms with van der Waals surface area (Å²) in [5, 5.41) is 0. The second kappa shape index (κ2) is 11.5. The molecule has 0 N–H and O–H groups in total. The van der Waals surface area contributed by atoms with Crippen LogP contribution in [0.3, 0.4) is 0 Å². The van der Waals surface area contributed by atoms with Crippen molar-refractivity contribution in [3.8, 4) is 11.5 Å². The summed E-state index contributed by atoms with van der Waals surface area (Å²) in [6.07, 6.45) is 3.48. The summed E-state index contributed by atoms with van der Waals surface area (Å²) < 4.78 is 15.6. The molecule has 1 aliphatic rings. The number of benzene rings is 2. The lowest BCUT2D eigenvalue weighted by molar-refractivity contribution is -0.187. The summed E-state index contributed by atoms with van der Waals surface area (Å²) in [7, 11) is 0. The van der Waals surface area contributed by atoms with Gasteiger partial charge < -0.3 is 14.2 Å². The topological polar surface area (TPSA) is 114 Å². The number of rotatable bonds is 5. The number of carbonyl (C=O) groups is 4. The summed E-state index contributed by atoms with van der Waals surface area (Å²) in [6, 6.07) is 11.8. The van der Waals surface area contributed by atoms with Crippen LogP contribution in [0.15, 0.2) is 48.5 Å². The lowest BCUT2D eigenvalue weighted by Crippen LogP contribution is -2.26. The third-order valence-corrected chi connectivity index (χ3v) is 5.14. The van der Waals surface area contributed by atoms with Crippen molar-refractivity contribution in [1.29, 1.82) is 0 Å². The minimum atomic E-state index is -1.07. The first-order valence-corrected chi connectivity index (χ1v) is 11.4. The lowest BCUT2D eigenvalue weighted by Gasteiger charge is -2.20. The van der Waals surface area contributed by atoms with E-state index in [-0.39, 0.29) is 28.5 Å². The molecule has 0 radical (unpaired) electrons. The molecule has 0 heterocycles. The average molecular weight is 485 g/mol. The van der Waals surface area contributed by atoms with Crippen LogP contribution in [0.25, 0.3) is 0 Å². The Kier molecular flexibility index (Phi) is 8.46. The summed E-state index contributed by atoms with van der Waals surface area (Å²) in [6.45, 7) is 4.99. The van der Waals surface area contributed by atoms with Gasteiger partial charge in [-0.2, -0.15) is 0 Å². The highest BCUT2D eigenvalue weighted by Gasteiger charge is 2.26. The molecular weight excluding hydrogens is 456 g/mol. The van der Waals surface area contributed by atoms with Crippen LogP contribution in [0.2, 0.25) is 0 Å². The van der Waals surface area contributed by atoms with E-state index < -0.39 is 29.7 Å². The summed E-state index contributed by atoms with van der Waals surface area (Å²) in [5.74, 6) is -2.85. The van der Waals surface area contributed by atoms with Gasteiger partial charge >= 0.3 is 24.1 Å². The highest BCUT2D eigenvalue weighted by Crippen LogP contribution is 2.27. The molecular formula is C26H28O9. The van der Waals surface area contributed by atoms with Gasteiger partial charge in [-0.1, -0.05) is 43.5 Å². The van der Waals surface area contributed by atoms with Crippen molar-refractivity contribution in [3.63, 3.8) is 0 Å². The molecule has 1 fully saturated rings. The second-order valence-electron chi connectivity index (χ2n) is 9.06. The molecule has 0 spiro atoms. The molecule has 1 aliphatic carbocycles. The van der Waals surface area contributed by atoms with Crippen molar-refractivity contribution >= 4 is 24.1 Å². The molecule has 0 saturated heterocycles. The van der Waals surface area contributed by atoms with E-state index in [1.54, 1.807) is 39.0 Å². The van der Waals surface area contributed by atoms with Gasteiger partial charge in [-0.3, -0.25) is 4.79 Å². The van der Waals surface area contributed by atoms with Crippen molar-refractivity contribution in [3.05, 3.63) is 59.7 Å². The molecule has 0 aliphatic heterocycles. The van der Waals surface area contributed by atoms with E-state index in [9.17, 15) is 19.2 Å². The van der Waals surface area contributed by atoms with Crippen LogP contribution in [0, 0.1) is 5.92 Å². The van der Waals surface area contributed by atoms with Crippen LogP contribution in [0.5, 0.6) is 11.5 Å². The predicted octanol–water partition coefficient (Wildman–Crippen LogP) is 5.42. The minimum Gasteiger partial charge on any atom is -0.428 e. The van der Waals surface area contributed by atoms with E-state index in [4.69, 9.17) is 19.1 Å². The van der Waals surface area contributed by atoms with Crippen molar-refractivity contribution in [2.45, 2.75) is 58.5 Å². The van der Waals surface area contributed by atoms with Gasteiger partial charge in [0.05, 0.1) is 5.92 Å². The Morgan fingerprint density at radius 1 is 0.714 bits per heavy atom. The maximum Gasteiger partial charge on any atom is 0.514 e. The molecule has 186 valence electrons. The predicted molar refractivity (Wildman–Crippen MR) is 123 cm³/mol. The van der Waals surface area contributed by atoms with Gasteiger partial charge in [0.25, 0.3) is 0 Å². The molecule has 35 heavy (non-hydrogen) atoms. The number of carbonyl (C=O) groups excluding carboxylic acids is 4. The zero-order chi connectivity index (χ0) is 25.4. The van der Waals surface area contributed by atoms with Crippen LogP contribution in [-0.4, -0.2) is 29.7 Å². The Labute approximate surface area is 203 Å². The molecule has 2 aromatic carbocycles. The van der Waals surface area contributed by atoms with Crippen LogP contribution >= 0.6 is 0 Å². The fourth-order valence-corrected chi connectivity index (χ4v) is 3.50. The lowest BCUT2D eigenvalue weighted by atomic mass is 9.89. The molecule has 9 nitrogen and oxygen atoms in total. The smallest absolute Gasteiger partial charge is 0.428 e. The molecule has 0 unspecified atom stereocenters. The maximum absolute atomic E-state index is 12.6. The molecule has 1 saturated carbocycles. The van der Waals surface area contributed by atoms with E-state index in [0.717, 1.165) is 32.1 Å². The standard InChI is InChI=1S/C26H28O9/c1-26(2,3)33-25(30)32-21-16-10-8-14-19(21)24(29)35-34-23(28)18-13-7-9-15-20(18)31-22(27)17-11-5-4-6-12-17/h7-10,13-17H,4-6,11-12H2,1-3H3. The van der Waals surface area contributed by atoms with Crippen LogP contribution in [-0.2, 0) is 19.3 Å². The highest BCUT2D eigenvalue weighted by molar-refractivity contribution is 5.96. The largest absolute Gasteiger partial charge is 0.514 e. The Morgan fingerprint density at radius 3 is 1.71 bits per heavy atom. The maximum atomic E-state index is 12.6. The van der Waals surface area contributed by atoms with Gasteiger partial charge in [0.2, 0.25) is 0 Å². The molecule has 2 aromatic rings.